The van der Waals surface area contributed by atoms with E-state index in [4.69, 9.17) is 26.2 Å². The van der Waals surface area contributed by atoms with E-state index >= 15 is 0 Å². The molecule has 0 aliphatic carbocycles. The van der Waals surface area contributed by atoms with Gasteiger partial charge in [0.1, 0.15) is 6.04 Å². The Morgan fingerprint density at radius 3 is 2.74 bits per heavy atom. The molecule has 1 aromatic carbocycles. The van der Waals surface area contributed by atoms with E-state index in [2.05, 4.69) is 5.32 Å². The largest absolute Gasteiger partial charge is 0.493 e. The van der Waals surface area contributed by atoms with Crippen molar-refractivity contribution in [3.05, 3.63) is 22.7 Å². The molecule has 0 heterocycles. The van der Waals surface area contributed by atoms with Crippen LogP contribution < -0.4 is 14.8 Å². The predicted octanol–water partition coefficient (Wildman–Crippen LogP) is 2.31. The van der Waals surface area contributed by atoms with Crippen molar-refractivity contribution in [2.75, 3.05) is 13.7 Å². The number of hydrogen-bond donors (Lipinski definition) is 2. The summed E-state index contributed by atoms with van der Waals surface area (Å²) in [5.41, 5.74) is 0.832. The first-order valence-corrected chi connectivity index (χ1v) is 6.32. The second kappa shape index (κ2) is 7.21. The van der Waals surface area contributed by atoms with Crippen molar-refractivity contribution in [2.24, 2.45) is 0 Å². The van der Waals surface area contributed by atoms with Crippen molar-refractivity contribution in [1.82, 2.24) is 5.32 Å². The van der Waals surface area contributed by atoms with Gasteiger partial charge in [-0.25, -0.2) is 0 Å². The van der Waals surface area contributed by atoms with E-state index in [0.29, 0.717) is 29.7 Å². The number of hydrogen-bond acceptors (Lipinski definition) is 4. The molecule has 0 aliphatic heterocycles. The molecule has 106 valence electrons. The minimum absolute atomic E-state index is 0.385. The summed E-state index contributed by atoms with van der Waals surface area (Å²) in [6, 6.07) is 2.88. The zero-order valence-electron chi connectivity index (χ0n) is 11.2. The maximum atomic E-state index is 10.7. The molecule has 0 spiro atoms. The fourth-order valence-electron chi connectivity index (χ4n) is 1.52. The van der Waals surface area contributed by atoms with Gasteiger partial charge in [-0.2, -0.15) is 0 Å². The molecule has 2 N–H and O–H groups in total. The van der Waals surface area contributed by atoms with Gasteiger partial charge in [0.15, 0.2) is 11.5 Å². The van der Waals surface area contributed by atoms with E-state index in [9.17, 15) is 4.79 Å². The molecule has 0 radical (unpaired) electrons. The summed E-state index contributed by atoms with van der Waals surface area (Å²) in [4.78, 5) is 10.7. The minimum atomic E-state index is -0.899. The van der Waals surface area contributed by atoms with E-state index in [1.807, 2.05) is 6.92 Å². The average molecular weight is 288 g/mol. The van der Waals surface area contributed by atoms with E-state index in [1.165, 1.54) is 7.11 Å². The summed E-state index contributed by atoms with van der Waals surface area (Å²) in [5, 5.41) is 12.1. The molecule has 19 heavy (non-hydrogen) atoms. The highest BCUT2D eigenvalue weighted by Gasteiger charge is 2.13. The van der Waals surface area contributed by atoms with E-state index in [1.54, 1.807) is 19.1 Å². The van der Waals surface area contributed by atoms with Crippen LogP contribution in [0.25, 0.3) is 0 Å². The van der Waals surface area contributed by atoms with Crippen LogP contribution in [0.2, 0.25) is 5.02 Å². The number of ether oxygens (including phenoxy) is 2. The Bertz CT molecular complexity index is 451. The molecule has 0 saturated carbocycles. The lowest BCUT2D eigenvalue weighted by Gasteiger charge is -2.14. The van der Waals surface area contributed by atoms with Crippen LogP contribution in [-0.4, -0.2) is 30.8 Å². The Labute approximate surface area is 117 Å². The van der Waals surface area contributed by atoms with Crippen molar-refractivity contribution >= 4 is 17.6 Å². The van der Waals surface area contributed by atoms with Gasteiger partial charge < -0.3 is 19.9 Å². The van der Waals surface area contributed by atoms with Gasteiger partial charge in [-0.3, -0.25) is 4.79 Å². The third-order valence-corrected chi connectivity index (χ3v) is 2.84. The Balaban J connectivity index is 2.86. The van der Waals surface area contributed by atoms with E-state index in [0.717, 1.165) is 5.56 Å². The van der Waals surface area contributed by atoms with Crippen molar-refractivity contribution in [3.8, 4) is 11.5 Å². The third-order valence-electron chi connectivity index (χ3n) is 2.56. The lowest BCUT2D eigenvalue weighted by Crippen LogP contribution is -2.33. The first-order chi connectivity index (χ1) is 8.99. The monoisotopic (exact) mass is 287 g/mol. The van der Waals surface area contributed by atoms with Crippen LogP contribution in [0, 0.1) is 0 Å². The average Bonchev–Trinajstić information content (AvgIpc) is 2.38. The summed E-state index contributed by atoms with van der Waals surface area (Å²) in [7, 11) is 1.53. The lowest BCUT2D eigenvalue weighted by molar-refractivity contribution is -0.139. The van der Waals surface area contributed by atoms with Crippen LogP contribution in [0.5, 0.6) is 11.5 Å². The van der Waals surface area contributed by atoms with Crippen LogP contribution in [0.3, 0.4) is 0 Å². The smallest absolute Gasteiger partial charge is 0.320 e. The van der Waals surface area contributed by atoms with Gasteiger partial charge in [0.2, 0.25) is 0 Å². The topological polar surface area (TPSA) is 67.8 Å². The molecular formula is C13H18ClNO4. The highest BCUT2D eigenvalue weighted by molar-refractivity contribution is 6.32. The molecule has 1 unspecified atom stereocenters. The first-order valence-electron chi connectivity index (χ1n) is 5.95. The van der Waals surface area contributed by atoms with Gasteiger partial charge in [0.05, 0.1) is 18.7 Å². The molecular weight excluding hydrogens is 270 g/mol. The van der Waals surface area contributed by atoms with Gasteiger partial charge in [0.25, 0.3) is 0 Å². The Morgan fingerprint density at radius 1 is 1.53 bits per heavy atom. The van der Waals surface area contributed by atoms with Gasteiger partial charge in [-0.15, -0.1) is 0 Å². The number of halogens is 1. The second-order valence-electron chi connectivity index (χ2n) is 3.98. The molecule has 0 bridgehead atoms. The normalized spacial score (nSPS) is 12.0. The molecule has 1 rings (SSSR count). The van der Waals surface area contributed by atoms with E-state index < -0.39 is 12.0 Å². The van der Waals surface area contributed by atoms with Crippen molar-refractivity contribution in [2.45, 2.75) is 26.4 Å². The van der Waals surface area contributed by atoms with E-state index in [-0.39, 0.29) is 0 Å². The molecule has 0 aromatic heterocycles. The Hall–Kier alpha value is -1.46. The summed E-state index contributed by atoms with van der Waals surface area (Å²) >= 11 is 6.12. The molecule has 0 aliphatic rings. The Kier molecular flexibility index (Phi) is 5.92. The third kappa shape index (κ3) is 4.29. The number of methoxy groups -OCH3 is 1. The van der Waals surface area contributed by atoms with Crippen molar-refractivity contribution < 1.29 is 19.4 Å². The van der Waals surface area contributed by atoms with Gasteiger partial charge in [-0.05, 0) is 31.5 Å². The minimum Gasteiger partial charge on any atom is -0.493 e. The summed E-state index contributed by atoms with van der Waals surface area (Å²) in [6.45, 7) is 4.31. The predicted molar refractivity (Wildman–Crippen MR) is 73.1 cm³/mol. The lowest BCUT2D eigenvalue weighted by atomic mass is 10.2. The second-order valence-corrected chi connectivity index (χ2v) is 4.39. The number of benzene rings is 1. The van der Waals surface area contributed by atoms with Crippen molar-refractivity contribution in [1.29, 1.82) is 0 Å². The summed E-state index contributed by atoms with van der Waals surface area (Å²) < 4.78 is 10.6. The van der Waals surface area contributed by atoms with Crippen LogP contribution in [0.1, 0.15) is 19.4 Å². The number of carboxylic acids is 1. The summed E-state index contributed by atoms with van der Waals surface area (Å²) in [6.07, 6.45) is 0. The molecule has 6 heteroatoms. The molecule has 0 amide bonds. The summed E-state index contributed by atoms with van der Waals surface area (Å²) in [5.74, 6) is 0.139. The highest BCUT2D eigenvalue weighted by atomic mass is 35.5. The van der Waals surface area contributed by atoms with Gasteiger partial charge >= 0.3 is 5.97 Å². The first kappa shape index (κ1) is 15.6. The number of carboxylic acid groups (broad SMARTS) is 1. The number of nitrogens with one attached hydrogen (secondary N) is 1. The fraction of sp³-hybridized carbons (Fsp3) is 0.462. The highest BCUT2D eigenvalue weighted by Crippen LogP contribution is 2.36. The standard InChI is InChI=1S/C13H18ClNO4/c1-4-19-12-10(14)5-9(6-11(12)18-3)7-15-8(2)13(16)17/h5-6,8,15H,4,7H2,1-3H3,(H,16,17). The zero-order chi connectivity index (χ0) is 14.4. The van der Waals surface area contributed by atoms with Gasteiger partial charge in [0, 0.05) is 6.54 Å². The molecule has 5 nitrogen and oxygen atoms in total. The molecule has 1 aromatic rings. The van der Waals surface area contributed by atoms with Crippen LogP contribution in [0.15, 0.2) is 12.1 Å². The van der Waals surface area contributed by atoms with Crippen molar-refractivity contribution in [3.63, 3.8) is 0 Å². The van der Waals surface area contributed by atoms with Crippen LogP contribution >= 0.6 is 11.6 Å². The zero-order valence-corrected chi connectivity index (χ0v) is 12.0. The maximum absolute atomic E-state index is 10.7. The van der Waals surface area contributed by atoms with Crippen LogP contribution in [0.4, 0.5) is 0 Å². The molecule has 0 saturated heterocycles. The van der Waals surface area contributed by atoms with Crippen LogP contribution in [-0.2, 0) is 11.3 Å². The number of aliphatic carboxylic acids is 1. The SMILES string of the molecule is CCOc1c(Cl)cc(CNC(C)C(=O)O)cc1OC. The molecule has 0 fully saturated rings. The quantitative estimate of drug-likeness (QED) is 0.805. The maximum Gasteiger partial charge on any atom is 0.320 e. The number of rotatable bonds is 7. The Morgan fingerprint density at radius 2 is 2.21 bits per heavy atom. The molecule has 1 atom stereocenters. The number of carbonyl (C=O) groups is 1. The van der Waals surface area contributed by atoms with Gasteiger partial charge in [-0.1, -0.05) is 11.6 Å². The fourth-order valence-corrected chi connectivity index (χ4v) is 1.81.